The Balaban J connectivity index is 1.42. The van der Waals surface area contributed by atoms with Crippen molar-refractivity contribution in [2.45, 2.75) is 57.7 Å². The molecular weight excluding hydrogens is 392 g/mol. The molecule has 166 valence electrons. The van der Waals surface area contributed by atoms with Gasteiger partial charge in [0, 0.05) is 25.1 Å². The van der Waals surface area contributed by atoms with Gasteiger partial charge < -0.3 is 19.0 Å². The number of hydrogen-bond acceptors (Lipinski definition) is 4. The second-order valence-corrected chi connectivity index (χ2v) is 8.91. The summed E-state index contributed by atoms with van der Waals surface area (Å²) in [6.07, 6.45) is 4.49. The van der Waals surface area contributed by atoms with Gasteiger partial charge in [0.05, 0.1) is 18.9 Å². The lowest BCUT2D eigenvalue weighted by Crippen LogP contribution is -2.47. The van der Waals surface area contributed by atoms with Gasteiger partial charge in [0.2, 0.25) is 11.8 Å². The van der Waals surface area contributed by atoms with E-state index in [0.717, 1.165) is 31.6 Å². The molecule has 1 aromatic carbocycles. The lowest BCUT2D eigenvalue weighted by molar-refractivity contribution is -0.144. The maximum atomic E-state index is 13.3. The molecule has 0 unspecified atom stereocenters. The van der Waals surface area contributed by atoms with Crippen molar-refractivity contribution in [3.05, 3.63) is 60.1 Å². The van der Waals surface area contributed by atoms with Crippen molar-refractivity contribution in [2.24, 2.45) is 5.92 Å². The fraction of sp³-hybridized carbons (Fsp3) is 0.520. The number of amides is 2. The highest BCUT2D eigenvalue weighted by molar-refractivity contribution is 5.88. The predicted molar refractivity (Wildman–Crippen MR) is 117 cm³/mol. The number of hydrogen-bond donors (Lipinski definition) is 0. The average molecular weight is 425 g/mol. The summed E-state index contributed by atoms with van der Waals surface area (Å²) in [5.41, 5.74) is 1.20. The molecule has 2 aromatic rings. The van der Waals surface area contributed by atoms with Crippen molar-refractivity contribution in [3.63, 3.8) is 0 Å². The van der Waals surface area contributed by atoms with Gasteiger partial charge in [-0.1, -0.05) is 30.3 Å². The molecule has 0 radical (unpaired) electrons. The first-order valence-corrected chi connectivity index (χ1v) is 11.3. The van der Waals surface area contributed by atoms with Crippen LogP contribution in [0.5, 0.6) is 0 Å². The summed E-state index contributed by atoms with van der Waals surface area (Å²) in [6, 6.07) is 13.8. The van der Waals surface area contributed by atoms with Crippen LogP contribution in [0.2, 0.25) is 0 Å². The molecule has 6 heteroatoms. The third kappa shape index (κ3) is 5.37. The Morgan fingerprint density at radius 2 is 1.94 bits per heavy atom. The van der Waals surface area contributed by atoms with Crippen LogP contribution in [0.1, 0.15) is 50.4 Å². The van der Waals surface area contributed by atoms with E-state index in [1.807, 2.05) is 44.2 Å². The van der Waals surface area contributed by atoms with Crippen LogP contribution >= 0.6 is 0 Å². The van der Waals surface area contributed by atoms with Gasteiger partial charge in [-0.3, -0.25) is 9.59 Å². The monoisotopic (exact) mass is 424 g/mol. The zero-order valence-electron chi connectivity index (χ0n) is 18.4. The van der Waals surface area contributed by atoms with Crippen molar-refractivity contribution in [2.75, 3.05) is 19.7 Å². The summed E-state index contributed by atoms with van der Waals surface area (Å²) in [7, 11) is 0. The Morgan fingerprint density at radius 3 is 2.58 bits per heavy atom. The number of nitrogens with zero attached hydrogens (tertiary/aromatic N) is 2. The Kier molecular flexibility index (Phi) is 6.76. The fourth-order valence-corrected chi connectivity index (χ4v) is 4.39. The van der Waals surface area contributed by atoms with Crippen LogP contribution in [-0.2, 0) is 20.9 Å². The summed E-state index contributed by atoms with van der Waals surface area (Å²) in [4.78, 5) is 30.1. The zero-order chi connectivity index (χ0) is 21.8. The Labute approximate surface area is 184 Å². The number of carbonyl (C=O) groups excluding carboxylic acids is 2. The fourth-order valence-electron chi connectivity index (χ4n) is 4.39. The van der Waals surface area contributed by atoms with Crippen LogP contribution in [0.25, 0.3) is 0 Å². The van der Waals surface area contributed by atoms with Crippen LogP contribution in [-0.4, -0.2) is 53.5 Å². The minimum absolute atomic E-state index is 0.0331. The number of carbonyl (C=O) groups is 2. The molecular formula is C25H32N2O4. The van der Waals surface area contributed by atoms with E-state index in [9.17, 15) is 9.59 Å². The maximum Gasteiger partial charge on any atom is 0.242 e. The molecule has 1 aliphatic heterocycles. The second kappa shape index (κ2) is 9.69. The van der Waals surface area contributed by atoms with E-state index in [1.54, 1.807) is 16.1 Å². The Morgan fingerprint density at radius 1 is 1.13 bits per heavy atom. The van der Waals surface area contributed by atoms with Gasteiger partial charge in [-0.25, -0.2) is 0 Å². The lowest BCUT2D eigenvalue weighted by Gasteiger charge is -2.31. The van der Waals surface area contributed by atoms with Gasteiger partial charge in [0.25, 0.3) is 0 Å². The molecule has 6 nitrogen and oxygen atoms in total. The second-order valence-electron chi connectivity index (χ2n) is 8.91. The SMILES string of the molecule is CC(C)N(CC(=O)N(Cc1ccco1)C[C@H]1CCCO1)C(=O)[C@@H]1C[C@H]1c1ccccc1. The molecule has 4 rings (SSSR count). The highest BCUT2D eigenvalue weighted by Gasteiger charge is 2.46. The standard InChI is InChI=1S/C25H32N2O4/c1-18(2)27(25(29)23-14-22(23)19-8-4-3-5-9-19)17-24(28)26(15-20-10-6-12-30-20)16-21-11-7-13-31-21/h3-6,8-10,12,18,21-23H,7,11,13-17H2,1-2H3/t21-,22+,23-/m1/s1. The molecule has 1 aromatic heterocycles. The quantitative estimate of drug-likeness (QED) is 0.614. The third-order valence-corrected chi connectivity index (χ3v) is 6.27. The van der Waals surface area contributed by atoms with Crippen LogP contribution in [0.3, 0.4) is 0 Å². The molecule has 3 atom stereocenters. The number of ether oxygens (including phenoxy) is 1. The van der Waals surface area contributed by atoms with Gasteiger partial charge in [-0.15, -0.1) is 0 Å². The molecule has 1 saturated heterocycles. The number of furan rings is 1. The topological polar surface area (TPSA) is 63.0 Å². The molecule has 0 N–H and O–H groups in total. The maximum absolute atomic E-state index is 13.3. The zero-order valence-corrected chi connectivity index (χ0v) is 18.4. The van der Waals surface area contributed by atoms with Crippen LogP contribution in [0, 0.1) is 5.92 Å². The van der Waals surface area contributed by atoms with E-state index >= 15 is 0 Å². The Bertz CT molecular complexity index is 859. The smallest absolute Gasteiger partial charge is 0.242 e. The first-order chi connectivity index (χ1) is 15.0. The molecule has 31 heavy (non-hydrogen) atoms. The number of rotatable bonds is 9. The molecule has 2 fully saturated rings. The van der Waals surface area contributed by atoms with Crippen molar-refractivity contribution in [1.29, 1.82) is 0 Å². The van der Waals surface area contributed by atoms with Crippen molar-refractivity contribution in [1.82, 2.24) is 9.80 Å². The first kappa shape index (κ1) is 21.6. The molecule has 2 heterocycles. The Hall–Kier alpha value is -2.60. The average Bonchev–Trinajstić information content (AvgIpc) is 3.11. The minimum Gasteiger partial charge on any atom is -0.467 e. The van der Waals surface area contributed by atoms with E-state index in [0.29, 0.717) is 13.1 Å². The van der Waals surface area contributed by atoms with E-state index < -0.39 is 0 Å². The van der Waals surface area contributed by atoms with Crippen LogP contribution in [0.15, 0.2) is 53.1 Å². The summed E-state index contributed by atoms with van der Waals surface area (Å²) in [5, 5.41) is 0. The van der Waals surface area contributed by atoms with Gasteiger partial charge >= 0.3 is 0 Å². The molecule has 1 saturated carbocycles. The van der Waals surface area contributed by atoms with E-state index in [4.69, 9.17) is 9.15 Å². The summed E-state index contributed by atoms with van der Waals surface area (Å²) in [6.45, 7) is 5.69. The normalized spacial score (nSPS) is 22.5. The van der Waals surface area contributed by atoms with Gasteiger partial charge in [0.1, 0.15) is 12.3 Å². The van der Waals surface area contributed by atoms with Gasteiger partial charge in [-0.2, -0.15) is 0 Å². The molecule has 2 amide bonds. The minimum atomic E-state index is -0.0640. The van der Waals surface area contributed by atoms with E-state index in [2.05, 4.69) is 12.1 Å². The summed E-state index contributed by atoms with van der Waals surface area (Å²) in [5.74, 6) is 0.976. The highest BCUT2D eigenvalue weighted by Crippen LogP contribution is 2.48. The molecule has 0 bridgehead atoms. The largest absolute Gasteiger partial charge is 0.467 e. The van der Waals surface area contributed by atoms with Crippen LogP contribution in [0.4, 0.5) is 0 Å². The lowest BCUT2D eigenvalue weighted by atomic mass is 10.1. The molecule has 0 spiro atoms. The molecule has 1 aliphatic carbocycles. The first-order valence-electron chi connectivity index (χ1n) is 11.3. The summed E-state index contributed by atoms with van der Waals surface area (Å²) < 4.78 is 11.2. The molecule has 2 aliphatic rings. The van der Waals surface area contributed by atoms with E-state index in [-0.39, 0.29) is 42.3 Å². The predicted octanol–water partition coefficient (Wildman–Crippen LogP) is 3.83. The van der Waals surface area contributed by atoms with Gasteiger partial charge in [-0.05, 0) is 56.7 Å². The van der Waals surface area contributed by atoms with E-state index in [1.165, 1.54) is 5.56 Å². The van der Waals surface area contributed by atoms with Gasteiger partial charge in [0.15, 0.2) is 0 Å². The van der Waals surface area contributed by atoms with Crippen molar-refractivity contribution < 1.29 is 18.7 Å². The summed E-state index contributed by atoms with van der Waals surface area (Å²) >= 11 is 0. The highest BCUT2D eigenvalue weighted by atomic mass is 16.5. The van der Waals surface area contributed by atoms with Crippen molar-refractivity contribution in [3.8, 4) is 0 Å². The third-order valence-electron chi connectivity index (χ3n) is 6.27. The van der Waals surface area contributed by atoms with Crippen LogP contribution < -0.4 is 0 Å². The van der Waals surface area contributed by atoms with Crippen molar-refractivity contribution >= 4 is 11.8 Å². The number of benzene rings is 1.